The Morgan fingerprint density at radius 2 is 1.54 bits per heavy atom. The molecule has 1 aliphatic rings. The van der Waals surface area contributed by atoms with Crippen molar-refractivity contribution in [3.8, 4) is 0 Å². The Bertz CT molecular complexity index is 629. The predicted octanol–water partition coefficient (Wildman–Crippen LogP) is 3.66. The fourth-order valence-electron chi connectivity index (χ4n) is 3.36. The van der Waals surface area contributed by atoms with E-state index in [1.54, 1.807) is 0 Å². The van der Waals surface area contributed by atoms with Crippen molar-refractivity contribution in [3.63, 3.8) is 0 Å². The van der Waals surface area contributed by atoms with Gasteiger partial charge < -0.3 is 14.5 Å². The first-order valence-electron chi connectivity index (χ1n) is 9.08. The summed E-state index contributed by atoms with van der Waals surface area (Å²) in [5.74, 6) is -0.586. The van der Waals surface area contributed by atoms with Crippen molar-refractivity contribution in [1.29, 1.82) is 0 Å². The SMILES string of the molecule is O=C(CCN1CCC(OC(c2ccccc2)c2ccccc2)CC1)OO. The van der Waals surface area contributed by atoms with Crippen molar-refractivity contribution in [2.24, 2.45) is 0 Å². The van der Waals surface area contributed by atoms with E-state index in [1.165, 1.54) is 0 Å². The normalized spacial score (nSPS) is 15.9. The van der Waals surface area contributed by atoms with E-state index < -0.39 is 5.97 Å². The Morgan fingerprint density at radius 3 is 2.04 bits per heavy atom. The zero-order chi connectivity index (χ0) is 18.2. The summed E-state index contributed by atoms with van der Waals surface area (Å²) in [5, 5.41) is 8.33. The number of hydrogen-bond acceptors (Lipinski definition) is 5. The summed E-state index contributed by atoms with van der Waals surface area (Å²) >= 11 is 0. The summed E-state index contributed by atoms with van der Waals surface area (Å²) in [6, 6.07) is 20.6. The van der Waals surface area contributed by atoms with Gasteiger partial charge in [-0.05, 0) is 24.0 Å². The average molecular weight is 355 g/mol. The van der Waals surface area contributed by atoms with Gasteiger partial charge in [-0.2, -0.15) is 5.26 Å². The monoisotopic (exact) mass is 355 g/mol. The molecule has 26 heavy (non-hydrogen) atoms. The van der Waals surface area contributed by atoms with Gasteiger partial charge >= 0.3 is 5.97 Å². The lowest BCUT2D eigenvalue weighted by atomic mass is 10.00. The molecule has 5 heteroatoms. The molecule has 138 valence electrons. The smallest absolute Gasteiger partial charge is 0.343 e. The molecule has 0 spiro atoms. The highest BCUT2D eigenvalue weighted by Gasteiger charge is 2.25. The van der Waals surface area contributed by atoms with Crippen molar-refractivity contribution in [1.82, 2.24) is 4.90 Å². The fourth-order valence-corrected chi connectivity index (χ4v) is 3.36. The van der Waals surface area contributed by atoms with Crippen molar-refractivity contribution in [3.05, 3.63) is 71.8 Å². The van der Waals surface area contributed by atoms with E-state index in [1.807, 2.05) is 36.4 Å². The molecule has 1 N–H and O–H groups in total. The van der Waals surface area contributed by atoms with Crippen LogP contribution >= 0.6 is 0 Å². The molecule has 5 nitrogen and oxygen atoms in total. The van der Waals surface area contributed by atoms with Crippen LogP contribution in [0.3, 0.4) is 0 Å². The van der Waals surface area contributed by atoms with Crippen LogP contribution in [0.2, 0.25) is 0 Å². The Balaban J connectivity index is 1.60. The second-order valence-corrected chi connectivity index (χ2v) is 6.59. The lowest BCUT2D eigenvalue weighted by Crippen LogP contribution is -2.38. The molecule has 3 rings (SSSR count). The first-order chi connectivity index (χ1) is 12.8. The van der Waals surface area contributed by atoms with Crippen LogP contribution in [0.5, 0.6) is 0 Å². The first kappa shape index (κ1) is 18.6. The molecule has 1 aliphatic heterocycles. The van der Waals surface area contributed by atoms with Gasteiger partial charge in [0, 0.05) is 19.6 Å². The van der Waals surface area contributed by atoms with Crippen molar-refractivity contribution >= 4 is 5.97 Å². The third-order valence-electron chi connectivity index (χ3n) is 4.80. The second kappa shape index (κ2) is 9.48. The molecule has 0 amide bonds. The molecule has 0 aliphatic carbocycles. The highest BCUT2D eigenvalue weighted by Crippen LogP contribution is 2.29. The van der Waals surface area contributed by atoms with Gasteiger partial charge in [0.2, 0.25) is 0 Å². The summed E-state index contributed by atoms with van der Waals surface area (Å²) in [4.78, 5) is 17.0. The van der Waals surface area contributed by atoms with Crippen LogP contribution in [-0.4, -0.2) is 41.9 Å². The number of ether oxygens (including phenoxy) is 1. The molecule has 1 heterocycles. The van der Waals surface area contributed by atoms with Crippen LogP contribution < -0.4 is 0 Å². The molecule has 0 unspecified atom stereocenters. The zero-order valence-corrected chi connectivity index (χ0v) is 14.8. The number of carbonyl (C=O) groups is 1. The highest BCUT2D eigenvalue weighted by atomic mass is 17.1. The third kappa shape index (κ3) is 5.14. The summed E-state index contributed by atoms with van der Waals surface area (Å²) < 4.78 is 6.50. The van der Waals surface area contributed by atoms with Crippen molar-refractivity contribution < 1.29 is 19.7 Å². The largest absolute Gasteiger partial charge is 0.365 e. The maximum Gasteiger partial charge on any atom is 0.343 e. The molecule has 2 aromatic carbocycles. The highest BCUT2D eigenvalue weighted by molar-refractivity contribution is 5.68. The second-order valence-electron chi connectivity index (χ2n) is 6.59. The van der Waals surface area contributed by atoms with Crippen LogP contribution in [0.15, 0.2) is 60.7 Å². The van der Waals surface area contributed by atoms with Gasteiger partial charge in [-0.3, -0.25) is 0 Å². The van der Waals surface area contributed by atoms with E-state index in [0.29, 0.717) is 6.54 Å². The summed E-state index contributed by atoms with van der Waals surface area (Å²) in [5.41, 5.74) is 2.32. The maximum atomic E-state index is 11.1. The number of hydrogen-bond donors (Lipinski definition) is 1. The number of benzene rings is 2. The third-order valence-corrected chi connectivity index (χ3v) is 4.80. The molecule has 1 saturated heterocycles. The van der Waals surface area contributed by atoms with Crippen molar-refractivity contribution in [2.45, 2.75) is 31.5 Å². The van der Waals surface area contributed by atoms with E-state index in [0.717, 1.165) is 37.1 Å². The predicted molar refractivity (Wildman–Crippen MR) is 98.6 cm³/mol. The van der Waals surface area contributed by atoms with Crippen LogP contribution in [0.4, 0.5) is 0 Å². The van der Waals surface area contributed by atoms with Crippen molar-refractivity contribution in [2.75, 3.05) is 19.6 Å². The Morgan fingerprint density at radius 1 is 1.00 bits per heavy atom. The Kier molecular flexibility index (Phi) is 6.77. The number of likely N-dealkylation sites (tertiary alicyclic amines) is 1. The lowest BCUT2D eigenvalue weighted by molar-refractivity contribution is -0.234. The van der Waals surface area contributed by atoms with Gasteiger partial charge in [-0.15, -0.1) is 0 Å². The molecule has 0 aromatic heterocycles. The molecular formula is C21H25NO4. The van der Waals surface area contributed by atoms with Gasteiger partial charge in [0.25, 0.3) is 0 Å². The van der Waals surface area contributed by atoms with Crippen LogP contribution in [0, 0.1) is 0 Å². The standard InChI is InChI=1S/C21H25NO4/c23-20(26-24)13-16-22-14-11-19(12-15-22)25-21(17-7-3-1-4-8-17)18-9-5-2-6-10-18/h1-10,19,21,24H,11-16H2. The minimum atomic E-state index is -0.586. The summed E-state index contributed by atoms with van der Waals surface area (Å²) in [6.07, 6.45) is 2.16. The lowest BCUT2D eigenvalue weighted by Gasteiger charge is -2.34. The van der Waals surface area contributed by atoms with Gasteiger partial charge in [-0.1, -0.05) is 60.7 Å². The quantitative estimate of drug-likeness (QED) is 0.607. The van der Waals surface area contributed by atoms with E-state index in [9.17, 15) is 4.79 Å². The molecular weight excluding hydrogens is 330 g/mol. The average Bonchev–Trinajstić information content (AvgIpc) is 2.72. The van der Waals surface area contributed by atoms with Crippen LogP contribution in [0.1, 0.15) is 36.5 Å². The topological polar surface area (TPSA) is 59.0 Å². The maximum absolute atomic E-state index is 11.1. The summed E-state index contributed by atoms with van der Waals surface area (Å²) in [7, 11) is 0. The molecule has 0 bridgehead atoms. The van der Waals surface area contributed by atoms with Gasteiger partial charge in [-0.25, -0.2) is 4.79 Å². The van der Waals surface area contributed by atoms with Crippen LogP contribution in [0.25, 0.3) is 0 Å². The van der Waals surface area contributed by atoms with E-state index in [4.69, 9.17) is 9.99 Å². The number of carbonyl (C=O) groups excluding carboxylic acids is 1. The number of rotatable bonds is 7. The van der Waals surface area contributed by atoms with E-state index in [-0.39, 0.29) is 18.6 Å². The van der Waals surface area contributed by atoms with Gasteiger partial charge in [0.15, 0.2) is 0 Å². The number of nitrogens with zero attached hydrogens (tertiary/aromatic N) is 1. The molecule has 0 radical (unpaired) electrons. The first-order valence-corrected chi connectivity index (χ1v) is 9.08. The Labute approximate surface area is 154 Å². The van der Waals surface area contributed by atoms with E-state index in [2.05, 4.69) is 34.1 Å². The fraction of sp³-hybridized carbons (Fsp3) is 0.381. The minimum absolute atomic E-state index is 0.0710. The van der Waals surface area contributed by atoms with Crippen LogP contribution in [-0.2, 0) is 14.4 Å². The Hall–Kier alpha value is -2.21. The number of piperidine rings is 1. The van der Waals surface area contributed by atoms with Gasteiger partial charge in [0.05, 0.1) is 12.5 Å². The minimum Gasteiger partial charge on any atom is -0.365 e. The van der Waals surface area contributed by atoms with Gasteiger partial charge in [0.1, 0.15) is 6.10 Å². The zero-order valence-electron chi connectivity index (χ0n) is 14.8. The molecule has 0 atom stereocenters. The summed E-state index contributed by atoms with van der Waals surface area (Å²) in [6.45, 7) is 2.35. The van der Waals surface area contributed by atoms with E-state index >= 15 is 0 Å². The molecule has 2 aromatic rings. The molecule has 1 fully saturated rings. The molecule has 0 saturated carbocycles.